The quantitative estimate of drug-likeness (QED) is 0.707. The van der Waals surface area contributed by atoms with Gasteiger partial charge >= 0.3 is 6.18 Å². The van der Waals surface area contributed by atoms with Crippen LogP contribution in [0.25, 0.3) is 0 Å². The zero-order valence-electron chi connectivity index (χ0n) is 7.62. The summed E-state index contributed by atoms with van der Waals surface area (Å²) in [6.07, 6.45) is -4.60. The van der Waals surface area contributed by atoms with Crippen molar-refractivity contribution in [3.63, 3.8) is 0 Å². The molecule has 15 heavy (non-hydrogen) atoms. The molecule has 1 aromatic rings. The standard InChI is InChI=1S/C9H10F3NO2/c10-9(11,12)7-3-5(15)1-2-6(7)8(13)4-14/h1-3,8,14-15H,4,13H2. The van der Waals surface area contributed by atoms with E-state index < -0.39 is 30.1 Å². The minimum absolute atomic E-state index is 0.234. The van der Waals surface area contributed by atoms with Gasteiger partial charge in [0.05, 0.1) is 18.2 Å². The number of aliphatic hydroxyl groups excluding tert-OH is 1. The Morgan fingerprint density at radius 2 is 1.93 bits per heavy atom. The van der Waals surface area contributed by atoms with Crippen LogP contribution in [0.15, 0.2) is 18.2 Å². The van der Waals surface area contributed by atoms with Crippen molar-refractivity contribution in [1.29, 1.82) is 0 Å². The van der Waals surface area contributed by atoms with E-state index in [2.05, 4.69) is 0 Å². The fourth-order valence-corrected chi connectivity index (χ4v) is 1.21. The van der Waals surface area contributed by atoms with E-state index in [9.17, 15) is 13.2 Å². The highest BCUT2D eigenvalue weighted by atomic mass is 19.4. The first-order chi connectivity index (χ1) is 6.86. The Kier molecular flexibility index (Phi) is 3.21. The Balaban J connectivity index is 3.27. The summed E-state index contributed by atoms with van der Waals surface area (Å²) < 4.78 is 37.4. The van der Waals surface area contributed by atoms with Gasteiger partial charge in [-0.2, -0.15) is 13.2 Å². The van der Waals surface area contributed by atoms with E-state index in [1.807, 2.05) is 0 Å². The molecule has 0 saturated heterocycles. The lowest BCUT2D eigenvalue weighted by Crippen LogP contribution is -2.20. The number of halogens is 3. The van der Waals surface area contributed by atoms with E-state index in [4.69, 9.17) is 15.9 Å². The minimum Gasteiger partial charge on any atom is -0.508 e. The number of phenols is 1. The highest BCUT2D eigenvalue weighted by Crippen LogP contribution is 2.35. The van der Waals surface area contributed by atoms with Crippen LogP contribution < -0.4 is 5.73 Å². The molecule has 0 heterocycles. The predicted molar refractivity (Wildman–Crippen MR) is 47.1 cm³/mol. The van der Waals surface area contributed by atoms with Gasteiger partial charge in [0.2, 0.25) is 0 Å². The summed E-state index contributed by atoms with van der Waals surface area (Å²) in [6.45, 7) is -0.589. The molecular weight excluding hydrogens is 211 g/mol. The average molecular weight is 221 g/mol. The highest BCUT2D eigenvalue weighted by Gasteiger charge is 2.34. The smallest absolute Gasteiger partial charge is 0.416 e. The van der Waals surface area contributed by atoms with Gasteiger partial charge in [0.1, 0.15) is 5.75 Å². The second-order valence-corrected chi connectivity index (χ2v) is 3.06. The van der Waals surface area contributed by atoms with Crippen molar-refractivity contribution in [2.24, 2.45) is 5.73 Å². The van der Waals surface area contributed by atoms with Crippen LogP contribution in [0.5, 0.6) is 5.75 Å². The van der Waals surface area contributed by atoms with Gasteiger partial charge in [0.15, 0.2) is 0 Å². The number of benzene rings is 1. The second kappa shape index (κ2) is 4.08. The van der Waals surface area contributed by atoms with E-state index in [1.54, 1.807) is 0 Å². The number of hydrogen-bond acceptors (Lipinski definition) is 3. The molecule has 1 aromatic carbocycles. The molecule has 1 unspecified atom stereocenters. The molecule has 0 spiro atoms. The summed E-state index contributed by atoms with van der Waals surface area (Å²) in [6, 6.07) is 1.63. The maximum absolute atomic E-state index is 12.5. The van der Waals surface area contributed by atoms with Crippen molar-refractivity contribution in [3.8, 4) is 5.75 Å². The minimum atomic E-state index is -4.60. The first kappa shape index (κ1) is 11.8. The zero-order chi connectivity index (χ0) is 11.6. The zero-order valence-corrected chi connectivity index (χ0v) is 7.62. The normalized spacial score (nSPS) is 13.9. The van der Waals surface area contributed by atoms with E-state index in [0.717, 1.165) is 12.1 Å². The Morgan fingerprint density at radius 3 is 2.40 bits per heavy atom. The third-order valence-electron chi connectivity index (χ3n) is 1.94. The molecule has 1 atom stereocenters. The average Bonchev–Trinajstić information content (AvgIpc) is 2.15. The van der Waals surface area contributed by atoms with Gasteiger partial charge in [0, 0.05) is 0 Å². The maximum Gasteiger partial charge on any atom is 0.416 e. The second-order valence-electron chi connectivity index (χ2n) is 3.06. The summed E-state index contributed by atoms with van der Waals surface area (Å²) in [5.74, 6) is -0.490. The number of phenolic OH excluding ortho intramolecular Hbond substituents is 1. The largest absolute Gasteiger partial charge is 0.508 e. The van der Waals surface area contributed by atoms with Crippen molar-refractivity contribution in [2.75, 3.05) is 6.61 Å². The van der Waals surface area contributed by atoms with Crippen molar-refractivity contribution in [3.05, 3.63) is 29.3 Å². The molecule has 1 rings (SSSR count). The lowest BCUT2D eigenvalue weighted by atomic mass is 10.0. The topological polar surface area (TPSA) is 66.5 Å². The summed E-state index contributed by atoms with van der Waals surface area (Å²) in [5.41, 5.74) is 4.05. The van der Waals surface area contributed by atoms with Crippen LogP contribution in [0.4, 0.5) is 13.2 Å². The molecule has 0 radical (unpaired) electrons. The van der Waals surface area contributed by atoms with Crippen LogP contribution >= 0.6 is 0 Å². The molecule has 0 amide bonds. The molecule has 84 valence electrons. The summed E-state index contributed by atoms with van der Waals surface area (Å²) in [5, 5.41) is 17.6. The molecule has 0 saturated carbocycles. The summed E-state index contributed by atoms with van der Waals surface area (Å²) in [4.78, 5) is 0. The number of rotatable bonds is 2. The molecule has 3 nitrogen and oxygen atoms in total. The van der Waals surface area contributed by atoms with Crippen molar-refractivity contribution in [1.82, 2.24) is 0 Å². The van der Waals surface area contributed by atoms with E-state index in [1.165, 1.54) is 0 Å². The Labute approximate surface area is 84.0 Å². The van der Waals surface area contributed by atoms with Crippen LogP contribution in [-0.2, 0) is 6.18 Å². The van der Waals surface area contributed by atoms with Gasteiger partial charge in [-0.05, 0) is 17.7 Å². The van der Waals surface area contributed by atoms with Gasteiger partial charge in [0.25, 0.3) is 0 Å². The van der Waals surface area contributed by atoms with Gasteiger partial charge in [-0.15, -0.1) is 0 Å². The third kappa shape index (κ3) is 2.60. The van der Waals surface area contributed by atoms with Crippen LogP contribution in [0, 0.1) is 0 Å². The Hall–Kier alpha value is -1.27. The van der Waals surface area contributed by atoms with E-state index in [-0.39, 0.29) is 5.56 Å². The van der Waals surface area contributed by atoms with Crippen molar-refractivity contribution < 1.29 is 23.4 Å². The van der Waals surface area contributed by atoms with Crippen LogP contribution in [0.2, 0.25) is 0 Å². The number of alkyl halides is 3. The number of hydrogen-bond donors (Lipinski definition) is 3. The SMILES string of the molecule is NC(CO)c1ccc(O)cc1C(F)(F)F. The van der Waals surface area contributed by atoms with E-state index >= 15 is 0 Å². The van der Waals surface area contributed by atoms with Crippen molar-refractivity contribution in [2.45, 2.75) is 12.2 Å². The lowest BCUT2D eigenvalue weighted by Gasteiger charge is -2.16. The van der Waals surface area contributed by atoms with Gasteiger partial charge < -0.3 is 15.9 Å². The molecular formula is C9H10F3NO2. The number of aromatic hydroxyl groups is 1. The number of aliphatic hydroxyl groups is 1. The van der Waals surface area contributed by atoms with Gasteiger partial charge in [-0.25, -0.2) is 0 Å². The first-order valence-corrected chi connectivity index (χ1v) is 4.13. The van der Waals surface area contributed by atoms with Gasteiger partial charge in [-0.1, -0.05) is 6.07 Å². The molecule has 4 N–H and O–H groups in total. The molecule has 0 aliphatic heterocycles. The molecule has 0 fully saturated rings. The third-order valence-corrected chi connectivity index (χ3v) is 1.94. The van der Waals surface area contributed by atoms with E-state index in [0.29, 0.717) is 6.07 Å². The molecule has 0 aliphatic carbocycles. The van der Waals surface area contributed by atoms with Crippen LogP contribution in [0.3, 0.4) is 0 Å². The molecule has 0 aromatic heterocycles. The predicted octanol–water partition coefficient (Wildman–Crippen LogP) is 1.40. The summed E-state index contributed by atoms with van der Waals surface area (Å²) >= 11 is 0. The van der Waals surface area contributed by atoms with Crippen molar-refractivity contribution >= 4 is 0 Å². The first-order valence-electron chi connectivity index (χ1n) is 4.13. The summed E-state index contributed by atoms with van der Waals surface area (Å²) in [7, 11) is 0. The fraction of sp³-hybridized carbons (Fsp3) is 0.333. The molecule has 0 bridgehead atoms. The van der Waals surface area contributed by atoms with Crippen LogP contribution in [-0.4, -0.2) is 16.8 Å². The van der Waals surface area contributed by atoms with Gasteiger partial charge in [-0.3, -0.25) is 0 Å². The Bertz CT molecular complexity index is 352. The Morgan fingerprint density at radius 1 is 1.33 bits per heavy atom. The number of nitrogens with two attached hydrogens (primary N) is 1. The maximum atomic E-state index is 12.5. The molecule has 6 heteroatoms. The molecule has 0 aliphatic rings. The fourth-order valence-electron chi connectivity index (χ4n) is 1.21. The van der Waals surface area contributed by atoms with Crippen LogP contribution in [0.1, 0.15) is 17.2 Å². The lowest BCUT2D eigenvalue weighted by molar-refractivity contribution is -0.138. The monoisotopic (exact) mass is 221 g/mol. The highest BCUT2D eigenvalue weighted by molar-refractivity contribution is 5.38.